The Balaban J connectivity index is 2.03. The van der Waals surface area contributed by atoms with Crippen LogP contribution in [0.25, 0.3) is 0 Å². The molecule has 0 fully saturated rings. The number of rotatable bonds is 3. The summed E-state index contributed by atoms with van der Waals surface area (Å²) in [5.41, 5.74) is 9.14. The molecule has 1 aliphatic rings. The van der Waals surface area contributed by atoms with E-state index < -0.39 is 0 Å². The first kappa shape index (κ1) is 14.5. The summed E-state index contributed by atoms with van der Waals surface area (Å²) in [7, 11) is 0. The summed E-state index contributed by atoms with van der Waals surface area (Å²) in [6.07, 6.45) is 2.15. The molecule has 2 aromatic carbocycles. The molecule has 2 aromatic rings. The van der Waals surface area contributed by atoms with Crippen LogP contribution in [0.3, 0.4) is 0 Å². The number of para-hydroxylation sites is 1. The number of hydrogen-bond acceptors (Lipinski definition) is 2. The molecule has 0 amide bonds. The minimum atomic E-state index is -0.197. The van der Waals surface area contributed by atoms with Crippen LogP contribution in [0.4, 0.5) is 10.1 Å². The van der Waals surface area contributed by atoms with Crippen LogP contribution in [0.1, 0.15) is 23.6 Å². The molecule has 1 unspecified atom stereocenters. The first-order valence-corrected chi connectivity index (χ1v) is 7.99. The van der Waals surface area contributed by atoms with Crippen LogP contribution in [-0.2, 0) is 6.42 Å². The van der Waals surface area contributed by atoms with E-state index in [4.69, 9.17) is 5.73 Å². The van der Waals surface area contributed by atoms with Crippen LogP contribution in [0, 0.1) is 5.82 Å². The van der Waals surface area contributed by atoms with E-state index in [2.05, 4.69) is 39.0 Å². The fraction of sp³-hybridized carbons (Fsp3) is 0.294. The summed E-state index contributed by atoms with van der Waals surface area (Å²) in [6, 6.07) is 13.3. The van der Waals surface area contributed by atoms with Crippen LogP contribution in [-0.4, -0.2) is 13.1 Å². The van der Waals surface area contributed by atoms with E-state index in [1.54, 1.807) is 6.07 Å². The zero-order valence-electron chi connectivity index (χ0n) is 11.7. The van der Waals surface area contributed by atoms with Crippen molar-refractivity contribution in [3.8, 4) is 0 Å². The Morgan fingerprint density at radius 2 is 2.05 bits per heavy atom. The Hall–Kier alpha value is -1.39. The van der Waals surface area contributed by atoms with E-state index in [1.165, 1.54) is 17.3 Å². The number of hydrogen-bond donors (Lipinski definition) is 1. The van der Waals surface area contributed by atoms with E-state index >= 15 is 0 Å². The SMILES string of the molecule is NCC(c1cc(Br)ccc1F)N1CCCc2ccccc21. The highest BCUT2D eigenvalue weighted by molar-refractivity contribution is 9.10. The monoisotopic (exact) mass is 348 g/mol. The fourth-order valence-electron chi connectivity index (χ4n) is 3.08. The lowest BCUT2D eigenvalue weighted by molar-refractivity contribution is 0.541. The predicted molar refractivity (Wildman–Crippen MR) is 88.0 cm³/mol. The van der Waals surface area contributed by atoms with Gasteiger partial charge in [-0.15, -0.1) is 0 Å². The van der Waals surface area contributed by atoms with Gasteiger partial charge in [-0.05, 0) is 42.7 Å². The molecule has 0 bridgehead atoms. The maximum atomic E-state index is 14.2. The van der Waals surface area contributed by atoms with E-state index in [1.807, 2.05) is 12.1 Å². The molecular weight excluding hydrogens is 331 g/mol. The number of nitrogens with zero attached hydrogens (tertiary/aromatic N) is 1. The number of aryl methyl sites for hydroxylation is 1. The molecule has 110 valence electrons. The minimum Gasteiger partial charge on any atom is -0.363 e. The molecule has 21 heavy (non-hydrogen) atoms. The van der Waals surface area contributed by atoms with Crippen LogP contribution < -0.4 is 10.6 Å². The molecule has 0 aliphatic carbocycles. The van der Waals surface area contributed by atoms with Crippen molar-refractivity contribution in [2.45, 2.75) is 18.9 Å². The van der Waals surface area contributed by atoms with E-state index in [-0.39, 0.29) is 11.9 Å². The number of benzene rings is 2. The Morgan fingerprint density at radius 3 is 2.86 bits per heavy atom. The molecule has 0 aromatic heterocycles. The number of nitrogens with two attached hydrogens (primary N) is 1. The van der Waals surface area contributed by atoms with Crippen molar-refractivity contribution in [3.05, 3.63) is 63.9 Å². The second-order valence-electron chi connectivity index (χ2n) is 5.34. The largest absolute Gasteiger partial charge is 0.363 e. The quantitative estimate of drug-likeness (QED) is 0.906. The van der Waals surface area contributed by atoms with Gasteiger partial charge in [0.1, 0.15) is 5.82 Å². The van der Waals surface area contributed by atoms with E-state index in [9.17, 15) is 4.39 Å². The number of fused-ring (bicyclic) bond motifs is 1. The number of halogens is 2. The topological polar surface area (TPSA) is 29.3 Å². The van der Waals surface area contributed by atoms with Gasteiger partial charge < -0.3 is 10.6 Å². The van der Waals surface area contributed by atoms with Gasteiger partial charge in [-0.25, -0.2) is 4.39 Å². The third-order valence-corrected chi connectivity index (χ3v) is 4.56. The third kappa shape index (κ3) is 2.83. The highest BCUT2D eigenvalue weighted by atomic mass is 79.9. The van der Waals surface area contributed by atoms with Gasteiger partial charge in [-0.1, -0.05) is 34.1 Å². The molecular formula is C17H18BrFN2. The molecule has 1 atom stereocenters. The predicted octanol–water partition coefficient (Wildman–Crippen LogP) is 4.04. The zero-order valence-corrected chi connectivity index (χ0v) is 13.3. The lowest BCUT2D eigenvalue weighted by Crippen LogP contribution is -2.37. The highest BCUT2D eigenvalue weighted by Crippen LogP contribution is 2.35. The van der Waals surface area contributed by atoms with Crippen LogP contribution in [0.5, 0.6) is 0 Å². The maximum absolute atomic E-state index is 14.2. The van der Waals surface area contributed by atoms with Crippen LogP contribution in [0.15, 0.2) is 46.9 Å². The van der Waals surface area contributed by atoms with Gasteiger partial charge in [0, 0.05) is 28.8 Å². The summed E-state index contributed by atoms with van der Waals surface area (Å²) in [4.78, 5) is 2.24. The Morgan fingerprint density at radius 1 is 1.24 bits per heavy atom. The van der Waals surface area contributed by atoms with Crippen LogP contribution >= 0.6 is 15.9 Å². The Bertz CT molecular complexity index is 644. The number of anilines is 1. The average molecular weight is 349 g/mol. The normalized spacial score (nSPS) is 15.7. The molecule has 2 nitrogen and oxygen atoms in total. The molecule has 4 heteroatoms. The van der Waals surface area contributed by atoms with Gasteiger partial charge in [0.2, 0.25) is 0 Å². The molecule has 1 aliphatic heterocycles. The molecule has 2 N–H and O–H groups in total. The molecule has 3 rings (SSSR count). The molecule has 0 spiro atoms. The fourth-order valence-corrected chi connectivity index (χ4v) is 3.46. The lowest BCUT2D eigenvalue weighted by atomic mass is 9.97. The molecule has 0 saturated carbocycles. The summed E-state index contributed by atoms with van der Waals surface area (Å²) in [5.74, 6) is -0.197. The molecule has 0 radical (unpaired) electrons. The van der Waals surface area contributed by atoms with Gasteiger partial charge in [-0.2, -0.15) is 0 Å². The average Bonchev–Trinajstić information content (AvgIpc) is 2.51. The second-order valence-corrected chi connectivity index (χ2v) is 6.26. The summed E-state index contributed by atoms with van der Waals surface area (Å²) >= 11 is 3.42. The minimum absolute atomic E-state index is 0.135. The van der Waals surface area contributed by atoms with Crippen molar-refractivity contribution in [2.24, 2.45) is 5.73 Å². The zero-order chi connectivity index (χ0) is 14.8. The van der Waals surface area contributed by atoms with E-state index in [0.29, 0.717) is 12.1 Å². The van der Waals surface area contributed by atoms with Gasteiger partial charge >= 0.3 is 0 Å². The highest BCUT2D eigenvalue weighted by Gasteiger charge is 2.26. The van der Waals surface area contributed by atoms with Gasteiger partial charge in [-0.3, -0.25) is 0 Å². The first-order valence-electron chi connectivity index (χ1n) is 7.20. The molecule has 0 saturated heterocycles. The smallest absolute Gasteiger partial charge is 0.128 e. The summed E-state index contributed by atoms with van der Waals surface area (Å²) < 4.78 is 15.1. The summed E-state index contributed by atoms with van der Waals surface area (Å²) in [5, 5.41) is 0. The molecule has 1 heterocycles. The van der Waals surface area contributed by atoms with Crippen molar-refractivity contribution in [1.29, 1.82) is 0 Å². The lowest BCUT2D eigenvalue weighted by Gasteiger charge is -2.38. The first-order chi connectivity index (χ1) is 10.2. The van der Waals surface area contributed by atoms with Crippen LogP contribution in [0.2, 0.25) is 0 Å². The van der Waals surface area contributed by atoms with Crippen molar-refractivity contribution in [2.75, 3.05) is 18.0 Å². The second kappa shape index (κ2) is 6.16. The van der Waals surface area contributed by atoms with Crippen molar-refractivity contribution < 1.29 is 4.39 Å². The van der Waals surface area contributed by atoms with Crippen molar-refractivity contribution in [3.63, 3.8) is 0 Å². The van der Waals surface area contributed by atoms with Gasteiger partial charge in [0.15, 0.2) is 0 Å². The standard InChI is InChI=1S/C17H18BrFN2/c18-13-7-8-15(19)14(10-13)17(11-20)21-9-3-5-12-4-1-2-6-16(12)21/h1-2,4,6-8,10,17H,3,5,9,11,20H2. The van der Waals surface area contributed by atoms with Crippen molar-refractivity contribution >= 4 is 21.6 Å². The van der Waals surface area contributed by atoms with Crippen molar-refractivity contribution in [1.82, 2.24) is 0 Å². The van der Waals surface area contributed by atoms with Gasteiger partial charge in [0.25, 0.3) is 0 Å². The third-order valence-electron chi connectivity index (χ3n) is 4.06. The Labute approximate surface area is 132 Å². The summed E-state index contributed by atoms with van der Waals surface area (Å²) in [6.45, 7) is 1.30. The van der Waals surface area contributed by atoms with E-state index in [0.717, 1.165) is 23.9 Å². The van der Waals surface area contributed by atoms with Gasteiger partial charge in [0.05, 0.1) is 6.04 Å². The maximum Gasteiger partial charge on any atom is 0.128 e. The Kier molecular flexibility index (Phi) is 4.27.